The largest absolute Gasteiger partial charge is 0.497 e. The van der Waals surface area contributed by atoms with Crippen molar-refractivity contribution in [3.05, 3.63) is 41.1 Å². The van der Waals surface area contributed by atoms with Gasteiger partial charge in [0.05, 0.1) is 18.6 Å². The molecule has 1 saturated carbocycles. The Morgan fingerprint density at radius 3 is 2.19 bits per heavy atom. The van der Waals surface area contributed by atoms with Crippen LogP contribution in [0, 0.1) is 25.7 Å². The van der Waals surface area contributed by atoms with Crippen molar-refractivity contribution in [1.29, 1.82) is 0 Å². The molecule has 1 aromatic heterocycles. The number of likely N-dealkylation sites (tertiary alicyclic amines) is 3. The quantitative estimate of drug-likeness (QED) is 0.434. The van der Waals surface area contributed by atoms with Crippen molar-refractivity contribution in [3.63, 3.8) is 0 Å². The molecule has 0 bridgehead atoms. The number of rotatable bonds is 8. The van der Waals surface area contributed by atoms with Crippen molar-refractivity contribution in [3.8, 4) is 5.75 Å². The standard InChI is InChI=1S/C30H43N5O5S.C2HF3O2/c1-20-13-26(39-4)14-21(2)29(20)41(37,38)35(25-5-6-25)18-28-31-27(19-40-28)30(36)34-15-22-7-12-33(16-23(22)17-34)24-8-10-32(3)11-9-24;3-2(4,5)1(6)7/h13-14,19,22-25H,5-12,15-18H2,1-4H3;(H,6,7). The van der Waals surface area contributed by atoms with Crippen molar-refractivity contribution in [2.75, 3.05) is 53.4 Å². The van der Waals surface area contributed by atoms with E-state index < -0.39 is 22.2 Å². The van der Waals surface area contributed by atoms with Crippen LogP contribution in [0.1, 0.15) is 59.6 Å². The topological polar surface area (TPSA) is 137 Å². The number of aromatic nitrogens is 1. The summed E-state index contributed by atoms with van der Waals surface area (Å²) in [7, 11) is -0.0372. The molecule has 4 heterocycles. The molecule has 0 spiro atoms. The van der Waals surface area contributed by atoms with Crippen LogP contribution in [0.5, 0.6) is 5.75 Å². The number of oxazole rings is 1. The molecule has 16 heteroatoms. The number of fused-ring (bicyclic) bond motifs is 1. The first-order valence-electron chi connectivity index (χ1n) is 16.2. The Hall–Kier alpha value is -3.21. The zero-order valence-corrected chi connectivity index (χ0v) is 28.5. The third-order valence-electron chi connectivity index (χ3n) is 9.82. The average Bonchev–Trinajstić information content (AvgIpc) is 3.58. The van der Waals surface area contributed by atoms with Gasteiger partial charge in [-0.1, -0.05) is 0 Å². The van der Waals surface area contributed by atoms with Gasteiger partial charge in [-0.3, -0.25) is 9.69 Å². The molecule has 1 N–H and O–H groups in total. The molecular formula is C32H44F3N5O7S. The number of sulfonamides is 1. The van der Waals surface area contributed by atoms with Crippen LogP contribution in [0.25, 0.3) is 0 Å². The maximum Gasteiger partial charge on any atom is 0.490 e. The van der Waals surface area contributed by atoms with Crippen molar-refractivity contribution in [1.82, 2.24) is 24.0 Å². The SMILES string of the molecule is COc1cc(C)c(S(=O)(=O)N(Cc2nc(C(=O)N3CC4CCN(C5CCN(C)CC5)CC4C3)co2)C2CC2)c(C)c1.O=C(O)C(F)(F)F. The second kappa shape index (κ2) is 14.3. The highest BCUT2D eigenvalue weighted by Crippen LogP contribution is 2.37. The van der Waals surface area contributed by atoms with Crippen LogP contribution in [0.2, 0.25) is 0 Å². The molecule has 2 aromatic rings. The monoisotopic (exact) mass is 699 g/mol. The lowest BCUT2D eigenvalue weighted by molar-refractivity contribution is -0.192. The summed E-state index contributed by atoms with van der Waals surface area (Å²) in [5.41, 5.74) is 1.54. The van der Waals surface area contributed by atoms with Crippen molar-refractivity contribution >= 4 is 21.9 Å². The highest BCUT2D eigenvalue weighted by atomic mass is 32.2. The van der Waals surface area contributed by atoms with Crippen LogP contribution < -0.4 is 4.74 Å². The Bertz CT molecular complexity index is 1570. The Kier molecular flexibility index (Phi) is 10.8. The van der Waals surface area contributed by atoms with E-state index in [0.717, 1.165) is 58.5 Å². The fraction of sp³-hybridized carbons (Fsp3) is 0.656. The maximum absolute atomic E-state index is 13.8. The first-order valence-corrected chi connectivity index (χ1v) is 17.7. The number of carbonyl (C=O) groups excluding carboxylic acids is 1. The van der Waals surface area contributed by atoms with E-state index in [0.29, 0.717) is 39.6 Å². The Labute approximate surface area is 278 Å². The molecule has 3 saturated heterocycles. The minimum absolute atomic E-state index is 0.00196. The van der Waals surface area contributed by atoms with Crippen LogP contribution in [0.15, 0.2) is 27.7 Å². The number of carboxylic acid groups (broad SMARTS) is 1. The maximum atomic E-state index is 13.8. The molecule has 1 aliphatic carbocycles. The molecule has 4 aliphatic rings. The van der Waals surface area contributed by atoms with Crippen LogP contribution in [-0.2, 0) is 21.4 Å². The molecular weight excluding hydrogens is 655 g/mol. The van der Waals surface area contributed by atoms with Gasteiger partial charge in [0.2, 0.25) is 15.9 Å². The fourth-order valence-electron chi connectivity index (χ4n) is 7.16. The summed E-state index contributed by atoms with van der Waals surface area (Å²) in [5.74, 6) is -0.985. The van der Waals surface area contributed by atoms with Crippen LogP contribution in [0.4, 0.5) is 13.2 Å². The van der Waals surface area contributed by atoms with E-state index in [4.69, 9.17) is 19.1 Å². The number of hydrogen-bond acceptors (Lipinski definition) is 9. The van der Waals surface area contributed by atoms with E-state index in [-0.39, 0.29) is 30.1 Å². The lowest BCUT2D eigenvalue weighted by Crippen LogP contribution is -2.49. The van der Waals surface area contributed by atoms with Crippen LogP contribution in [-0.4, -0.2) is 121 Å². The van der Waals surface area contributed by atoms with Gasteiger partial charge in [0.25, 0.3) is 5.91 Å². The zero-order chi connectivity index (χ0) is 35.0. The van der Waals surface area contributed by atoms with Gasteiger partial charge in [0.15, 0.2) is 5.69 Å². The fourth-order valence-corrected chi connectivity index (χ4v) is 9.21. The normalized spacial score (nSPS) is 22.7. The van der Waals surface area contributed by atoms with Crippen molar-refractivity contribution in [2.45, 2.75) is 75.7 Å². The number of alkyl halides is 3. The molecule has 48 heavy (non-hydrogen) atoms. The van der Waals surface area contributed by atoms with E-state index in [1.165, 1.54) is 23.4 Å². The minimum Gasteiger partial charge on any atom is -0.497 e. The highest BCUT2D eigenvalue weighted by molar-refractivity contribution is 7.89. The number of halogens is 3. The van der Waals surface area contributed by atoms with E-state index in [2.05, 4.69) is 21.8 Å². The molecule has 1 aromatic carbocycles. The van der Waals surface area contributed by atoms with Gasteiger partial charge in [-0.15, -0.1) is 0 Å². The summed E-state index contributed by atoms with van der Waals surface area (Å²) in [6.07, 6.45) is 1.48. The van der Waals surface area contributed by atoms with Gasteiger partial charge in [-0.2, -0.15) is 17.5 Å². The highest BCUT2D eigenvalue weighted by Gasteiger charge is 2.43. The van der Waals surface area contributed by atoms with Crippen molar-refractivity contribution in [2.24, 2.45) is 11.8 Å². The average molecular weight is 700 g/mol. The molecule has 2 unspecified atom stereocenters. The van der Waals surface area contributed by atoms with Crippen LogP contribution >= 0.6 is 0 Å². The molecule has 266 valence electrons. The van der Waals surface area contributed by atoms with Gasteiger partial charge in [-0.25, -0.2) is 18.2 Å². The number of carbonyl (C=O) groups is 2. The number of hydrogen-bond donors (Lipinski definition) is 1. The number of amides is 1. The van der Waals surface area contributed by atoms with Gasteiger partial charge >= 0.3 is 12.1 Å². The summed E-state index contributed by atoms with van der Waals surface area (Å²) >= 11 is 0. The summed E-state index contributed by atoms with van der Waals surface area (Å²) < 4.78 is 71.9. The number of benzene rings is 1. The number of carboxylic acids is 1. The second-order valence-corrected chi connectivity index (χ2v) is 15.2. The van der Waals surface area contributed by atoms with Gasteiger partial charge in [0.1, 0.15) is 12.0 Å². The second-order valence-electron chi connectivity index (χ2n) is 13.3. The number of aryl methyl sites for hydroxylation is 2. The smallest absolute Gasteiger partial charge is 0.490 e. The van der Waals surface area contributed by atoms with E-state index in [1.54, 1.807) is 33.1 Å². The summed E-state index contributed by atoms with van der Waals surface area (Å²) in [6.45, 7) is 9.57. The Morgan fingerprint density at radius 2 is 1.62 bits per heavy atom. The summed E-state index contributed by atoms with van der Waals surface area (Å²) in [4.78, 5) is 34.1. The summed E-state index contributed by atoms with van der Waals surface area (Å²) in [5, 5.41) is 7.12. The predicted octanol–water partition coefficient (Wildman–Crippen LogP) is 3.77. The Morgan fingerprint density at radius 1 is 1.02 bits per heavy atom. The number of methoxy groups -OCH3 is 1. The minimum atomic E-state index is -5.08. The number of nitrogens with zero attached hydrogens (tertiary/aromatic N) is 5. The molecule has 1 amide bonds. The van der Waals surface area contributed by atoms with E-state index >= 15 is 0 Å². The predicted molar refractivity (Wildman–Crippen MR) is 168 cm³/mol. The van der Waals surface area contributed by atoms with Gasteiger partial charge in [-0.05, 0) is 108 Å². The number of ether oxygens (including phenoxy) is 1. The molecule has 12 nitrogen and oxygen atoms in total. The summed E-state index contributed by atoms with van der Waals surface area (Å²) in [6, 6.07) is 4.05. The zero-order valence-electron chi connectivity index (χ0n) is 27.7. The lowest BCUT2D eigenvalue weighted by atomic mass is 9.87. The number of aliphatic carboxylic acids is 1. The Balaban J connectivity index is 0.000000582. The first kappa shape index (κ1) is 36.1. The van der Waals surface area contributed by atoms with E-state index in [1.807, 2.05) is 4.90 Å². The molecule has 0 radical (unpaired) electrons. The third-order valence-corrected chi connectivity index (χ3v) is 12.0. The molecule has 6 rings (SSSR count). The van der Waals surface area contributed by atoms with Crippen LogP contribution in [0.3, 0.4) is 0 Å². The van der Waals surface area contributed by atoms with Gasteiger partial charge < -0.3 is 24.1 Å². The molecule has 2 atom stereocenters. The third kappa shape index (κ3) is 8.14. The lowest BCUT2D eigenvalue weighted by Gasteiger charge is -2.42. The van der Waals surface area contributed by atoms with Crippen molar-refractivity contribution < 1.29 is 45.4 Å². The number of piperidine rings is 2. The molecule has 3 aliphatic heterocycles. The van der Waals surface area contributed by atoms with E-state index in [9.17, 15) is 26.4 Å². The van der Waals surface area contributed by atoms with Gasteiger partial charge in [0, 0.05) is 31.7 Å². The molecule has 4 fully saturated rings. The first-order chi connectivity index (χ1) is 22.6.